The first-order chi connectivity index (χ1) is 12.1. The smallest absolute Gasteiger partial charge is 0.383 e. The molecule has 0 saturated heterocycles. The van der Waals surface area contributed by atoms with E-state index in [0.29, 0.717) is 22.8 Å². The molecule has 1 aromatic heterocycles. The Morgan fingerprint density at radius 3 is 2.31 bits per heavy atom. The van der Waals surface area contributed by atoms with Gasteiger partial charge in [0.25, 0.3) is 0 Å². The van der Waals surface area contributed by atoms with E-state index in [9.17, 15) is 22.8 Å². The summed E-state index contributed by atoms with van der Waals surface area (Å²) in [6.07, 6.45) is -4.88. The van der Waals surface area contributed by atoms with Crippen LogP contribution in [-0.4, -0.2) is 23.1 Å². The average Bonchev–Trinajstić information content (AvgIpc) is 2.56. The number of hydrogen-bond donors (Lipinski definition) is 0. The number of esters is 2. The van der Waals surface area contributed by atoms with Crippen molar-refractivity contribution in [2.75, 3.05) is 0 Å². The van der Waals surface area contributed by atoms with Crippen molar-refractivity contribution >= 4 is 23.5 Å². The Kier molecular flexibility index (Phi) is 6.15. The molecule has 8 heteroatoms. The number of halogens is 4. The fourth-order valence-corrected chi connectivity index (χ4v) is 2.17. The SMILES string of the molecule is C=C(Cc1cccc(Cc2ccc(Cl)cc2)n1)C(=O)OC(=O)C(F)(F)F. The minimum Gasteiger partial charge on any atom is -0.383 e. The molecule has 0 N–H and O–H groups in total. The number of ether oxygens (including phenoxy) is 1. The molecule has 0 unspecified atom stereocenters. The van der Waals surface area contributed by atoms with Crippen LogP contribution in [0.1, 0.15) is 17.0 Å². The summed E-state index contributed by atoms with van der Waals surface area (Å²) in [7, 11) is 0. The van der Waals surface area contributed by atoms with Gasteiger partial charge in [-0.05, 0) is 29.8 Å². The van der Waals surface area contributed by atoms with Crippen LogP contribution in [0, 0.1) is 0 Å². The van der Waals surface area contributed by atoms with Crippen molar-refractivity contribution in [1.29, 1.82) is 0 Å². The molecule has 1 heterocycles. The lowest BCUT2D eigenvalue weighted by atomic mass is 10.1. The fourth-order valence-electron chi connectivity index (χ4n) is 2.04. The minimum absolute atomic E-state index is 0.140. The van der Waals surface area contributed by atoms with Crippen LogP contribution in [0.5, 0.6) is 0 Å². The van der Waals surface area contributed by atoms with Crippen LogP contribution >= 0.6 is 11.6 Å². The molecule has 4 nitrogen and oxygen atoms in total. The standard InChI is InChI=1S/C18H13ClF3NO3/c1-11(16(24)26-17(25)18(20,21)22)9-14-3-2-4-15(23-14)10-12-5-7-13(19)8-6-12/h2-8H,1,9-10H2. The molecule has 0 bridgehead atoms. The molecule has 0 aliphatic carbocycles. The molecule has 0 radical (unpaired) electrons. The van der Waals surface area contributed by atoms with Gasteiger partial charge in [0.15, 0.2) is 0 Å². The third-order valence-corrected chi connectivity index (χ3v) is 3.51. The zero-order chi connectivity index (χ0) is 19.3. The maximum atomic E-state index is 12.1. The van der Waals surface area contributed by atoms with Crippen LogP contribution < -0.4 is 0 Å². The van der Waals surface area contributed by atoms with Gasteiger partial charge in [-0.3, -0.25) is 4.98 Å². The van der Waals surface area contributed by atoms with E-state index < -0.39 is 18.1 Å². The quantitative estimate of drug-likeness (QED) is 0.444. The number of hydrogen-bond acceptors (Lipinski definition) is 4. The second kappa shape index (κ2) is 8.14. The molecule has 0 amide bonds. The van der Waals surface area contributed by atoms with Gasteiger partial charge in [-0.15, -0.1) is 0 Å². The van der Waals surface area contributed by atoms with Gasteiger partial charge < -0.3 is 4.74 Å². The van der Waals surface area contributed by atoms with Gasteiger partial charge in [0.1, 0.15) is 0 Å². The number of alkyl halides is 3. The molecule has 26 heavy (non-hydrogen) atoms. The maximum Gasteiger partial charge on any atom is 0.491 e. The molecule has 0 aliphatic heterocycles. The van der Waals surface area contributed by atoms with Crippen LogP contribution in [-0.2, 0) is 27.2 Å². The number of carbonyl (C=O) groups excluding carboxylic acids is 2. The van der Waals surface area contributed by atoms with E-state index in [0.717, 1.165) is 5.56 Å². The Hall–Kier alpha value is -2.67. The largest absolute Gasteiger partial charge is 0.491 e. The summed E-state index contributed by atoms with van der Waals surface area (Å²) in [5, 5.41) is 0.610. The molecule has 136 valence electrons. The summed E-state index contributed by atoms with van der Waals surface area (Å²) in [6.45, 7) is 3.36. The molecular weight excluding hydrogens is 371 g/mol. The molecule has 0 fully saturated rings. The Morgan fingerprint density at radius 2 is 1.69 bits per heavy atom. The highest BCUT2D eigenvalue weighted by Gasteiger charge is 2.42. The van der Waals surface area contributed by atoms with Crippen LogP contribution in [0.4, 0.5) is 13.2 Å². The van der Waals surface area contributed by atoms with Gasteiger partial charge in [-0.25, -0.2) is 9.59 Å². The maximum absolute atomic E-state index is 12.1. The molecule has 2 rings (SSSR count). The zero-order valence-electron chi connectivity index (χ0n) is 13.3. The van der Waals surface area contributed by atoms with Gasteiger partial charge in [-0.1, -0.05) is 36.4 Å². The molecule has 0 spiro atoms. The van der Waals surface area contributed by atoms with Crippen molar-refractivity contribution in [2.24, 2.45) is 0 Å². The van der Waals surface area contributed by atoms with Crippen LogP contribution in [0.15, 0.2) is 54.6 Å². The van der Waals surface area contributed by atoms with Crippen molar-refractivity contribution in [3.05, 3.63) is 76.6 Å². The van der Waals surface area contributed by atoms with E-state index in [1.54, 1.807) is 30.3 Å². The lowest BCUT2D eigenvalue weighted by Gasteiger charge is -2.08. The first-order valence-corrected chi connectivity index (χ1v) is 7.73. The summed E-state index contributed by atoms with van der Waals surface area (Å²) in [5.41, 5.74) is 1.77. The van der Waals surface area contributed by atoms with E-state index >= 15 is 0 Å². The molecule has 0 saturated carbocycles. The first kappa shape index (κ1) is 19.7. The number of pyridine rings is 1. The predicted molar refractivity (Wildman–Crippen MR) is 88.5 cm³/mol. The lowest BCUT2D eigenvalue weighted by molar-refractivity contribution is -0.200. The first-order valence-electron chi connectivity index (χ1n) is 7.35. The Labute approximate surface area is 152 Å². The van der Waals surface area contributed by atoms with E-state index in [-0.39, 0.29) is 12.0 Å². The normalized spacial score (nSPS) is 11.1. The van der Waals surface area contributed by atoms with Crippen LogP contribution in [0.3, 0.4) is 0 Å². The molecule has 1 aromatic carbocycles. The third kappa shape index (κ3) is 5.70. The number of benzene rings is 1. The topological polar surface area (TPSA) is 56.3 Å². The minimum atomic E-state index is -5.24. The number of rotatable bonds is 5. The second-order valence-corrected chi connectivity index (χ2v) is 5.82. The summed E-state index contributed by atoms with van der Waals surface area (Å²) >= 11 is 5.83. The Morgan fingerprint density at radius 1 is 1.08 bits per heavy atom. The second-order valence-electron chi connectivity index (χ2n) is 5.38. The Balaban J connectivity index is 2.01. The van der Waals surface area contributed by atoms with E-state index in [1.165, 1.54) is 0 Å². The third-order valence-electron chi connectivity index (χ3n) is 3.26. The van der Waals surface area contributed by atoms with E-state index in [2.05, 4.69) is 16.3 Å². The average molecular weight is 384 g/mol. The number of carbonyl (C=O) groups is 2. The van der Waals surface area contributed by atoms with Crippen LogP contribution in [0.2, 0.25) is 5.02 Å². The van der Waals surface area contributed by atoms with E-state index in [1.807, 2.05) is 12.1 Å². The van der Waals surface area contributed by atoms with Crippen molar-refractivity contribution < 1.29 is 27.5 Å². The molecule has 0 aliphatic rings. The van der Waals surface area contributed by atoms with Crippen molar-refractivity contribution in [2.45, 2.75) is 19.0 Å². The van der Waals surface area contributed by atoms with Gasteiger partial charge in [0.2, 0.25) is 0 Å². The Bertz CT molecular complexity index is 832. The van der Waals surface area contributed by atoms with Gasteiger partial charge >= 0.3 is 18.1 Å². The summed E-state index contributed by atoms with van der Waals surface area (Å²) in [5.74, 6) is -4.01. The van der Waals surface area contributed by atoms with Crippen molar-refractivity contribution in [1.82, 2.24) is 4.98 Å². The van der Waals surface area contributed by atoms with Gasteiger partial charge in [-0.2, -0.15) is 13.2 Å². The molecular formula is C18H13ClF3NO3. The molecule has 0 atom stereocenters. The summed E-state index contributed by atoms with van der Waals surface area (Å²) in [4.78, 5) is 26.5. The monoisotopic (exact) mass is 383 g/mol. The molecule has 2 aromatic rings. The van der Waals surface area contributed by atoms with Crippen LogP contribution in [0.25, 0.3) is 0 Å². The van der Waals surface area contributed by atoms with E-state index in [4.69, 9.17) is 11.6 Å². The van der Waals surface area contributed by atoms with Crippen molar-refractivity contribution in [3.8, 4) is 0 Å². The highest BCUT2D eigenvalue weighted by molar-refractivity contribution is 6.30. The van der Waals surface area contributed by atoms with Crippen molar-refractivity contribution in [3.63, 3.8) is 0 Å². The van der Waals surface area contributed by atoms with Gasteiger partial charge in [0.05, 0.1) is 0 Å². The summed E-state index contributed by atoms with van der Waals surface area (Å²) < 4.78 is 40.1. The highest BCUT2D eigenvalue weighted by Crippen LogP contribution is 2.18. The lowest BCUT2D eigenvalue weighted by Crippen LogP contribution is -2.28. The number of aromatic nitrogens is 1. The van der Waals surface area contributed by atoms with Gasteiger partial charge in [0, 0.05) is 34.8 Å². The highest BCUT2D eigenvalue weighted by atomic mass is 35.5. The zero-order valence-corrected chi connectivity index (χ0v) is 14.1. The number of nitrogens with zero attached hydrogens (tertiary/aromatic N) is 1. The predicted octanol–water partition coefficient (Wildman–Crippen LogP) is 4.06. The fraction of sp³-hybridized carbons (Fsp3) is 0.167. The summed E-state index contributed by atoms with van der Waals surface area (Å²) in [6, 6.07) is 12.2.